The Balaban J connectivity index is 2.13. The van der Waals surface area contributed by atoms with Gasteiger partial charge in [-0.1, -0.05) is 13.3 Å². The first-order valence-corrected chi connectivity index (χ1v) is 6.13. The molecule has 1 heterocycles. The van der Waals surface area contributed by atoms with E-state index in [0.717, 1.165) is 13.2 Å². The van der Waals surface area contributed by atoms with Gasteiger partial charge in [0, 0.05) is 32.8 Å². The summed E-state index contributed by atoms with van der Waals surface area (Å²) in [4.78, 5) is 2.42. The van der Waals surface area contributed by atoms with Gasteiger partial charge in [0.1, 0.15) is 0 Å². The molecule has 3 nitrogen and oxygen atoms in total. The zero-order valence-corrected chi connectivity index (χ0v) is 10.5. The number of nitrogens with one attached hydrogen (secondary N) is 1. The summed E-state index contributed by atoms with van der Waals surface area (Å²) in [6.07, 6.45) is 4.07. The third kappa shape index (κ3) is 5.50. The van der Waals surface area contributed by atoms with Gasteiger partial charge in [-0.25, -0.2) is 0 Å². The average molecular weight is 214 g/mol. The first-order chi connectivity index (χ1) is 7.22. The first kappa shape index (κ1) is 12.9. The molecule has 0 aromatic rings. The van der Waals surface area contributed by atoms with Crippen molar-refractivity contribution in [3.05, 3.63) is 0 Å². The lowest BCUT2D eigenvalue weighted by molar-refractivity contribution is 0.132. The molecule has 1 rings (SSSR count). The minimum absolute atomic E-state index is 0.628. The number of methoxy groups -OCH3 is 1. The summed E-state index contributed by atoms with van der Waals surface area (Å²) >= 11 is 0. The van der Waals surface area contributed by atoms with E-state index in [-0.39, 0.29) is 0 Å². The van der Waals surface area contributed by atoms with Crippen LogP contribution in [0.3, 0.4) is 0 Å². The van der Waals surface area contributed by atoms with E-state index < -0.39 is 0 Å². The number of hydrogen-bond acceptors (Lipinski definition) is 3. The molecular formula is C12H26N2O. The highest BCUT2D eigenvalue weighted by Gasteiger charge is 2.15. The molecule has 2 atom stereocenters. The molecule has 0 aromatic carbocycles. The van der Waals surface area contributed by atoms with Crippen molar-refractivity contribution in [3.8, 4) is 0 Å². The first-order valence-electron chi connectivity index (χ1n) is 6.13. The van der Waals surface area contributed by atoms with Gasteiger partial charge in [0.25, 0.3) is 0 Å². The van der Waals surface area contributed by atoms with Crippen LogP contribution in [0.2, 0.25) is 0 Å². The van der Waals surface area contributed by atoms with Crippen LogP contribution in [0.5, 0.6) is 0 Å². The standard InChI is InChI=1S/C12H26N2O/c1-11(10-15-3)8-14(2)9-12-6-4-5-7-13-12/h11-13H,4-10H2,1-3H3. The summed E-state index contributed by atoms with van der Waals surface area (Å²) in [6.45, 7) is 6.61. The van der Waals surface area contributed by atoms with Crippen LogP contribution in [-0.4, -0.2) is 51.3 Å². The van der Waals surface area contributed by atoms with Gasteiger partial charge in [0.15, 0.2) is 0 Å². The second kappa shape index (κ2) is 7.20. The topological polar surface area (TPSA) is 24.5 Å². The minimum Gasteiger partial charge on any atom is -0.384 e. The quantitative estimate of drug-likeness (QED) is 0.722. The number of nitrogens with zero attached hydrogens (tertiary/aromatic N) is 1. The van der Waals surface area contributed by atoms with Crippen molar-refractivity contribution >= 4 is 0 Å². The van der Waals surface area contributed by atoms with Crippen molar-refractivity contribution in [2.45, 2.75) is 32.2 Å². The van der Waals surface area contributed by atoms with Gasteiger partial charge in [-0.15, -0.1) is 0 Å². The second-order valence-corrected chi connectivity index (χ2v) is 4.93. The van der Waals surface area contributed by atoms with Gasteiger partial charge in [0.2, 0.25) is 0 Å². The Morgan fingerprint density at radius 1 is 1.47 bits per heavy atom. The predicted molar refractivity (Wildman–Crippen MR) is 64.2 cm³/mol. The number of piperidine rings is 1. The van der Waals surface area contributed by atoms with E-state index in [2.05, 4.69) is 24.2 Å². The van der Waals surface area contributed by atoms with Crippen molar-refractivity contribution < 1.29 is 4.74 Å². The van der Waals surface area contributed by atoms with E-state index in [1.807, 2.05) is 0 Å². The van der Waals surface area contributed by atoms with Crippen molar-refractivity contribution in [3.63, 3.8) is 0 Å². The Morgan fingerprint density at radius 2 is 2.27 bits per heavy atom. The molecule has 2 unspecified atom stereocenters. The van der Waals surface area contributed by atoms with Crippen molar-refractivity contribution in [2.24, 2.45) is 5.92 Å². The van der Waals surface area contributed by atoms with Gasteiger partial charge in [-0.3, -0.25) is 0 Å². The summed E-state index contributed by atoms with van der Waals surface area (Å²) in [6, 6.07) is 0.707. The Kier molecular flexibility index (Phi) is 6.22. The number of hydrogen-bond donors (Lipinski definition) is 1. The minimum atomic E-state index is 0.628. The van der Waals surface area contributed by atoms with E-state index >= 15 is 0 Å². The van der Waals surface area contributed by atoms with Crippen LogP contribution in [-0.2, 0) is 4.74 Å². The Labute approximate surface area is 94.2 Å². The highest BCUT2D eigenvalue weighted by Crippen LogP contribution is 2.08. The molecule has 0 radical (unpaired) electrons. The predicted octanol–water partition coefficient (Wildman–Crippen LogP) is 1.34. The molecular weight excluding hydrogens is 188 g/mol. The fraction of sp³-hybridized carbons (Fsp3) is 1.00. The SMILES string of the molecule is COCC(C)CN(C)CC1CCCCN1. The Hall–Kier alpha value is -0.120. The second-order valence-electron chi connectivity index (χ2n) is 4.93. The molecule has 1 aliphatic rings. The van der Waals surface area contributed by atoms with E-state index in [9.17, 15) is 0 Å². The van der Waals surface area contributed by atoms with E-state index in [1.54, 1.807) is 7.11 Å². The van der Waals surface area contributed by atoms with Crippen LogP contribution in [0.1, 0.15) is 26.2 Å². The molecule has 1 N–H and O–H groups in total. The molecule has 1 aliphatic heterocycles. The Morgan fingerprint density at radius 3 is 2.87 bits per heavy atom. The third-order valence-corrected chi connectivity index (χ3v) is 3.02. The fourth-order valence-electron chi connectivity index (χ4n) is 2.40. The van der Waals surface area contributed by atoms with Crippen LogP contribution >= 0.6 is 0 Å². The van der Waals surface area contributed by atoms with E-state index in [4.69, 9.17) is 4.74 Å². The summed E-state index contributed by atoms with van der Waals surface area (Å²) in [5.74, 6) is 0.628. The molecule has 1 fully saturated rings. The van der Waals surface area contributed by atoms with Crippen molar-refractivity contribution in [2.75, 3.05) is 40.4 Å². The molecule has 0 aliphatic carbocycles. The maximum atomic E-state index is 5.15. The zero-order chi connectivity index (χ0) is 11.1. The van der Waals surface area contributed by atoms with E-state index in [0.29, 0.717) is 12.0 Å². The van der Waals surface area contributed by atoms with Crippen LogP contribution in [0.25, 0.3) is 0 Å². The van der Waals surface area contributed by atoms with Gasteiger partial charge >= 0.3 is 0 Å². The molecule has 0 saturated carbocycles. The molecule has 1 saturated heterocycles. The van der Waals surface area contributed by atoms with E-state index in [1.165, 1.54) is 32.4 Å². The van der Waals surface area contributed by atoms with Crippen LogP contribution in [0, 0.1) is 5.92 Å². The summed E-state index contributed by atoms with van der Waals surface area (Å²) in [7, 11) is 3.99. The average Bonchev–Trinajstić information content (AvgIpc) is 2.19. The van der Waals surface area contributed by atoms with Gasteiger partial charge < -0.3 is 15.0 Å². The summed E-state index contributed by atoms with van der Waals surface area (Å²) in [5.41, 5.74) is 0. The lowest BCUT2D eigenvalue weighted by Gasteiger charge is -2.29. The highest BCUT2D eigenvalue weighted by atomic mass is 16.5. The number of likely N-dealkylation sites (N-methyl/N-ethyl adjacent to an activating group) is 1. The van der Waals surface area contributed by atoms with Crippen molar-refractivity contribution in [1.29, 1.82) is 0 Å². The molecule has 3 heteroatoms. The van der Waals surface area contributed by atoms with Crippen molar-refractivity contribution in [1.82, 2.24) is 10.2 Å². The monoisotopic (exact) mass is 214 g/mol. The molecule has 0 aromatic heterocycles. The number of ether oxygens (including phenoxy) is 1. The van der Waals surface area contributed by atoms with Crippen LogP contribution in [0.4, 0.5) is 0 Å². The molecule has 90 valence electrons. The van der Waals surface area contributed by atoms with Gasteiger partial charge in [-0.2, -0.15) is 0 Å². The Bertz CT molecular complexity index is 158. The van der Waals surface area contributed by atoms with Crippen LogP contribution < -0.4 is 5.32 Å². The lowest BCUT2D eigenvalue weighted by atomic mass is 10.0. The largest absolute Gasteiger partial charge is 0.384 e. The molecule has 0 amide bonds. The van der Waals surface area contributed by atoms with Gasteiger partial charge in [-0.05, 0) is 32.4 Å². The van der Waals surface area contributed by atoms with Crippen LogP contribution in [0.15, 0.2) is 0 Å². The highest BCUT2D eigenvalue weighted by molar-refractivity contribution is 4.75. The maximum Gasteiger partial charge on any atom is 0.0500 e. The maximum absolute atomic E-state index is 5.15. The third-order valence-electron chi connectivity index (χ3n) is 3.02. The molecule has 0 spiro atoms. The smallest absolute Gasteiger partial charge is 0.0500 e. The number of rotatable bonds is 6. The normalized spacial score (nSPS) is 24.4. The molecule has 15 heavy (non-hydrogen) atoms. The van der Waals surface area contributed by atoms with Gasteiger partial charge in [0.05, 0.1) is 0 Å². The molecule has 0 bridgehead atoms. The zero-order valence-electron chi connectivity index (χ0n) is 10.5. The lowest BCUT2D eigenvalue weighted by Crippen LogP contribution is -2.43. The fourth-order valence-corrected chi connectivity index (χ4v) is 2.40. The summed E-state index contributed by atoms with van der Waals surface area (Å²) in [5, 5.41) is 3.58. The summed E-state index contributed by atoms with van der Waals surface area (Å²) < 4.78 is 5.15.